The smallest absolute Gasteiger partial charge is 0.407 e. The van der Waals surface area contributed by atoms with E-state index in [4.69, 9.17) is 14.2 Å². The average molecular weight is 787 g/mol. The van der Waals surface area contributed by atoms with E-state index in [0.717, 1.165) is 60.8 Å². The van der Waals surface area contributed by atoms with Gasteiger partial charge in [-0.05, 0) is 74.3 Å². The van der Waals surface area contributed by atoms with Gasteiger partial charge in [-0.15, -0.1) is 0 Å². The summed E-state index contributed by atoms with van der Waals surface area (Å²) in [6.45, 7) is 8.69. The summed E-state index contributed by atoms with van der Waals surface area (Å²) in [5.41, 5.74) is 5.16. The summed E-state index contributed by atoms with van der Waals surface area (Å²) < 4.78 is 15.9. The third-order valence-electron chi connectivity index (χ3n) is 11.3. The molecular weight excluding hydrogens is 729 g/mol. The summed E-state index contributed by atoms with van der Waals surface area (Å²) in [7, 11) is 2.56. The lowest BCUT2D eigenvalue weighted by Gasteiger charge is -2.29. The Labute approximate surface area is 338 Å². The van der Waals surface area contributed by atoms with E-state index in [0.29, 0.717) is 36.1 Å². The van der Waals surface area contributed by atoms with Crippen molar-refractivity contribution in [2.75, 3.05) is 27.3 Å². The van der Waals surface area contributed by atoms with Crippen LogP contribution >= 0.6 is 0 Å². The summed E-state index contributed by atoms with van der Waals surface area (Å²) in [5, 5.41) is 5.37. The molecule has 57 heavy (non-hydrogen) atoms. The quantitative estimate of drug-likeness (QED) is 0.202. The summed E-state index contributed by atoms with van der Waals surface area (Å²) in [4.78, 5) is 70.5. The van der Waals surface area contributed by atoms with Gasteiger partial charge in [-0.2, -0.15) is 0 Å². The fraction of sp³-hybridized carbons (Fsp3) is 0.524. The van der Waals surface area contributed by atoms with E-state index in [-0.39, 0.29) is 53.6 Å². The van der Waals surface area contributed by atoms with Crippen molar-refractivity contribution in [1.29, 1.82) is 0 Å². The molecule has 7 rings (SSSR count). The number of alkyl carbamates (subject to hydrolysis) is 2. The minimum Gasteiger partial charge on any atom is -0.453 e. The van der Waals surface area contributed by atoms with Crippen molar-refractivity contribution in [3.8, 4) is 23.7 Å². The van der Waals surface area contributed by atoms with Gasteiger partial charge >= 0.3 is 12.2 Å². The van der Waals surface area contributed by atoms with Gasteiger partial charge in [0.25, 0.3) is 0 Å². The third kappa shape index (κ3) is 8.07. The Bertz CT molecular complexity index is 2020. The van der Waals surface area contributed by atoms with Gasteiger partial charge in [-0.3, -0.25) is 9.59 Å². The highest BCUT2D eigenvalue weighted by Crippen LogP contribution is 2.52. The van der Waals surface area contributed by atoms with Crippen LogP contribution in [0, 0.1) is 35.5 Å². The number of carbonyl (C=O) groups is 4. The summed E-state index contributed by atoms with van der Waals surface area (Å²) in [6.07, 6.45) is 6.99. The van der Waals surface area contributed by atoms with Crippen molar-refractivity contribution in [1.82, 2.24) is 40.4 Å². The number of methoxy groups -OCH3 is 2. The van der Waals surface area contributed by atoms with Gasteiger partial charge in [0.05, 0.1) is 50.9 Å². The van der Waals surface area contributed by atoms with Gasteiger partial charge < -0.3 is 44.6 Å². The van der Waals surface area contributed by atoms with Crippen LogP contribution in [0.1, 0.15) is 142 Å². The lowest BCUT2D eigenvalue weighted by Crippen LogP contribution is -2.51. The zero-order valence-electron chi connectivity index (χ0n) is 33.2. The van der Waals surface area contributed by atoms with Gasteiger partial charge in [0.15, 0.2) is 0 Å². The number of nitrogens with zero attached hydrogens (tertiary/aromatic N) is 4. The van der Waals surface area contributed by atoms with E-state index in [1.807, 2.05) is 39.8 Å². The number of hydrogen-bond donors (Lipinski definition) is 4. The number of hydrogen-bond acceptors (Lipinski definition) is 9. The molecule has 6 heterocycles. The monoisotopic (exact) mass is 786 g/mol. The van der Waals surface area contributed by atoms with Gasteiger partial charge in [-0.1, -0.05) is 39.5 Å². The molecule has 0 saturated carbocycles. The van der Waals surface area contributed by atoms with Crippen LogP contribution in [-0.2, 0) is 23.8 Å². The molecule has 3 aromatic rings. The topological polar surface area (TPSA) is 184 Å². The van der Waals surface area contributed by atoms with Crippen molar-refractivity contribution in [2.45, 2.75) is 103 Å². The molecule has 0 spiro atoms. The second-order valence-corrected chi connectivity index (χ2v) is 15.6. The number of benzene rings is 1. The molecule has 1 aromatic carbocycles. The fourth-order valence-electron chi connectivity index (χ4n) is 8.40. The van der Waals surface area contributed by atoms with Crippen molar-refractivity contribution in [2.24, 2.45) is 11.8 Å². The third-order valence-corrected chi connectivity index (χ3v) is 11.3. The Kier molecular flexibility index (Phi) is 11.6. The summed E-state index contributed by atoms with van der Waals surface area (Å²) >= 11 is 0. The number of aromatic amines is 2. The molecule has 4 aliphatic heterocycles. The van der Waals surface area contributed by atoms with E-state index in [9.17, 15) is 19.2 Å². The first-order chi connectivity index (χ1) is 27.5. The predicted octanol–water partition coefficient (Wildman–Crippen LogP) is 5.91. The highest BCUT2D eigenvalue weighted by atomic mass is 16.5. The van der Waals surface area contributed by atoms with Gasteiger partial charge in [0.2, 0.25) is 11.8 Å². The van der Waals surface area contributed by atoms with Crippen molar-refractivity contribution < 1.29 is 39.1 Å². The maximum Gasteiger partial charge on any atom is 0.407 e. The Hall–Kier alpha value is -5.80. The number of H-pyrrole nitrogens is 2. The number of imidazole rings is 2. The molecule has 0 aliphatic carbocycles. The standard InChI is InChI=1S/C42H50N8O7.4H2/c1-23(2)35(47-41(53)55-5)39(51)49-19-7-9-29(49)37-43-21-27(45-37)15-13-25-11-12-26(34-32-18-17-31(57-32)33(25)34)14-16-28-22-44-38(46-28)30-10-8-20-50(30)40(52)36(24(3)4)48-42(54)56-6;;;;/h11-12,21-24,29-32,35-36H,7-10,17-20H2,1-6H3,(H,43,45)(H,44,46)(H,47,53)(H,48,54);4*1H/t29-,30-,31?,32?,35-,36-;;;;/m0..../s1. The molecule has 2 bridgehead atoms. The minimum absolute atomic E-state index is 0. The van der Waals surface area contributed by atoms with Crippen LogP contribution in [0.5, 0.6) is 0 Å². The first-order valence-corrected chi connectivity index (χ1v) is 19.7. The molecule has 0 radical (unpaired) electrons. The number of likely N-dealkylation sites (tertiary alicyclic amines) is 2. The largest absolute Gasteiger partial charge is 0.453 e. The van der Waals surface area contributed by atoms with Crippen molar-refractivity contribution in [3.63, 3.8) is 0 Å². The van der Waals surface area contributed by atoms with Gasteiger partial charge in [-0.25, -0.2) is 19.6 Å². The SMILES string of the molecule is COC(=O)N[C@H](C(=O)N1CCC[C@H]1c1ncc(C#Cc2ccc(C#Cc3cnc([C@@H]4CCCN4C(=O)[C@@H](NC(=O)OC)C(C)C)[nH]3)c3c2C2CCC3O2)[nH]1)C(C)C.[HH].[HH].[HH].[HH]. The maximum atomic E-state index is 13.6. The van der Waals surface area contributed by atoms with E-state index >= 15 is 0 Å². The zero-order valence-corrected chi connectivity index (χ0v) is 33.2. The number of rotatable bonds is 8. The second kappa shape index (κ2) is 16.7. The van der Waals surface area contributed by atoms with Gasteiger partial charge in [0, 0.05) is 41.0 Å². The highest BCUT2D eigenvalue weighted by Gasteiger charge is 2.42. The van der Waals surface area contributed by atoms with E-state index in [1.54, 1.807) is 22.2 Å². The summed E-state index contributed by atoms with van der Waals surface area (Å²) in [5.74, 6) is 14.0. The Morgan fingerprint density at radius 2 is 1.14 bits per heavy atom. The molecule has 4 aliphatic rings. The Morgan fingerprint density at radius 1 is 0.719 bits per heavy atom. The highest BCUT2D eigenvalue weighted by molar-refractivity contribution is 5.87. The zero-order chi connectivity index (χ0) is 40.4. The number of fused-ring (bicyclic) bond motifs is 5. The van der Waals surface area contributed by atoms with Crippen LogP contribution < -0.4 is 10.6 Å². The number of nitrogens with one attached hydrogen (secondary N) is 4. The van der Waals surface area contributed by atoms with E-state index < -0.39 is 24.3 Å². The van der Waals surface area contributed by atoms with Crippen LogP contribution in [-0.4, -0.2) is 93.1 Å². The van der Waals surface area contributed by atoms with Crippen LogP contribution in [0.25, 0.3) is 0 Å². The molecule has 2 aromatic heterocycles. The second-order valence-electron chi connectivity index (χ2n) is 15.6. The van der Waals surface area contributed by atoms with Crippen LogP contribution in [0.3, 0.4) is 0 Å². The molecule has 15 nitrogen and oxygen atoms in total. The van der Waals surface area contributed by atoms with E-state index in [1.165, 1.54) is 14.2 Å². The average Bonchev–Trinajstić information content (AvgIpc) is 4.06. The normalized spacial score (nSPS) is 21.7. The first kappa shape index (κ1) is 39.4. The molecule has 3 saturated heterocycles. The predicted molar refractivity (Wildman–Crippen MR) is 216 cm³/mol. The molecule has 308 valence electrons. The number of aromatic nitrogens is 4. The van der Waals surface area contributed by atoms with Gasteiger partial charge in [0.1, 0.15) is 35.1 Å². The van der Waals surface area contributed by atoms with E-state index in [2.05, 4.69) is 54.3 Å². The summed E-state index contributed by atoms with van der Waals surface area (Å²) in [6, 6.07) is 2.05. The number of ether oxygens (including phenoxy) is 3. The fourth-order valence-corrected chi connectivity index (χ4v) is 8.40. The first-order valence-electron chi connectivity index (χ1n) is 19.7. The van der Waals surface area contributed by atoms with Crippen molar-refractivity contribution >= 4 is 24.0 Å². The van der Waals surface area contributed by atoms with Crippen LogP contribution in [0.15, 0.2) is 24.5 Å². The van der Waals surface area contributed by atoms with Crippen LogP contribution in [0.2, 0.25) is 0 Å². The van der Waals surface area contributed by atoms with Crippen LogP contribution in [0.4, 0.5) is 9.59 Å². The lowest BCUT2D eigenvalue weighted by molar-refractivity contribution is -0.136. The number of amides is 4. The minimum atomic E-state index is -0.710. The molecular formula is C42H58N8O7. The van der Waals surface area contributed by atoms with Crippen molar-refractivity contribution in [3.05, 3.63) is 69.8 Å². The molecule has 4 amide bonds. The molecule has 6 atom stereocenters. The molecule has 15 heteroatoms. The molecule has 2 unspecified atom stereocenters. The Morgan fingerprint density at radius 3 is 1.53 bits per heavy atom. The number of carbonyl (C=O) groups excluding carboxylic acids is 4. The molecule has 4 N–H and O–H groups in total. The lowest BCUT2D eigenvalue weighted by atomic mass is 9.85. The maximum absolute atomic E-state index is 13.6. The molecule has 3 fully saturated rings. The Balaban J connectivity index is 0.00000248.